The molecule has 0 aliphatic heterocycles. The molecule has 0 saturated heterocycles. The normalized spacial score (nSPS) is 12.8. The van der Waals surface area contributed by atoms with Crippen LogP contribution < -0.4 is 5.32 Å². The van der Waals surface area contributed by atoms with Gasteiger partial charge in [0.05, 0.1) is 12.5 Å². The molecule has 0 spiro atoms. The molecule has 1 N–H and O–H groups in total. The number of benzene rings is 1. The highest BCUT2D eigenvalue weighted by molar-refractivity contribution is 5.26. The van der Waals surface area contributed by atoms with Gasteiger partial charge < -0.3 is 9.73 Å². The predicted octanol–water partition coefficient (Wildman–Crippen LogP) is 4.24. The molecule has 0 saturated carbocycles. The quantitative estimate of drug-likeness (QED) is 0.785. The highest BCUT2D eigenvalue weighted by Gasteiger charge is 2.13. The maximum Gasteiger partial charge on any atom is 0.0934 e. The summed E-state index contributed by atoms with van der Waals surface area (Å²) in [7, 11) is 0. The zero-order chi connectivity index (χ0) is 15.1. The van der Waals surface area contributed by atoms with Crippen LogP contribution in [-0.2, 0) is 12.8 Å². The third kappa shape index (κ3) is 5.39. The van der Waals surface area contributed by atoms with Crippen molar-refractivity contribution in [2.45, 2.75) is 33.6 Å². The SMILES string of the molecule is Cc1ccccc1CC(CNCC(C)C)Cc1ccoc1. The maximum absolute atomic E-state index is 5.21. The number of hydrogen-bond donors (Lipinski definition) is 1. The van der Waals surface area contributed by atoms with E-state index in [9.17, 15) is 0 Å². The Hall–Kier alpha value is -1.54. The first-order valence-electron chi connectivity index (χ1n) is 7.91. The van der Waals surface area contributed by atoms with Crippen molar-refractivity contribution < 1.29 is 4.42 Å². The lowest BCUT2D eigenvalue weighted by Gasteiger charge is -2.19. The van der Waals surface area contributed by atoms with Crippen LogP contribution in [0.1, 0.15) is 30.5 Å². The number of nitrogens with one attached hydrogen (secondary N) is 1. The molecule has 0 amide bonds. The van der Waals surface area contributed by atoms with Crippen molar-refractivity contribution in [1.29, 1.82) is 0 Å². The monoisotopic (exact) mass is 285 g/mol. The second-order valence-corrected chi connectivity index (χ2v) is 6.38. The fourth-order valence-corrected chi connectivity index (χ4v) is 2.68. The van der Waals surface area contributed by atoms with Crippen LogP contribution in [0.3, 0.4) is 0 Å². The molecule has 0 bridgehead atoms. The first-order chi connectivity index (χ1) is 10.1. The first kappa shape index (κ1) is 15.8. The Morgan fingerprint density at radius 2 is 1.86 bits per heavy atom. The minimum atomic E-state index is 0.599. The summed E-state index contributed by atoms with van der Waals surface area (Å²) >= 11 is 0. The van der Waals surface area contributed by atoms with Crippen LogP contribution in [0, 0.1) is 18.8 Å². The van der Waals surface area contributed by atoms with E-state index in [2.05, 4.69) is 56.4 Å². The fraction of sp³-hybridized carbons (Fsp3) is 0.474. The first-order valence-corrected chi connectivity index (χ1v) is 7.91. The van der Waals surface area contributed by atoms with Gasteiger partial charge in [0.2, 0.25) is 0 Å². The van der Waals surface area contributed by atoms with Gasteiger partial charge >= 0.3 is 0 Å². The summed E-state index contributed by atoms with van der Waals surface area (Å²) in [5.74, 6) is 1.29. The zero-order valence-electron chi connectivity index (χ0n) is 13.4. The smallest absolute Gasteiger partial charge is 0.0934 e. The van der Waals surface area contributed by atoms with E-state index in [-0.39, 0.29) is 0 Å². The molecule has 2 rings (SSSR count). The summed E-state index contributed by atoms with van der Waals surface area (Å²) in [6, 6.07) is 10.8. The Balaban J connectivity index is 1.98. The molecule has 21 heavy (non-hydrogen) atoms. The standard InChI is InChI=1S/C19H27NO/c1-15(2)12-20-13-18(10-17-8-9-21-14-17)11-19-7-5-4-6-16(19)3/h4-9,14-15,18,20H,10-13H2,1-3H3. The van der Waals surface area contributed by atoms with E-state index in [1.54, 1.807) is 6.26 Å². The average Bonchev–Trinajstić information content (AvgIpc) is 2.93. The summed E-state index contributed by atoms with van der Waals surface area (Å²) in [5.41, 5.74) is 4.14. The lowest BCUT2D eigenvalue weighted by molar-refractivity contribution is 0.443. The molecule has 1 aromatic heterocycles. The molecule has 0 radical (unpaired) electrons. The van der Waals surface area contributed by atoms with Gasteiger partial charge in [-0.25, -0.2) is 0 Å². The van der Waals surface area contributed by atoms with Gasteiger partial charge in [-0.15, -0.1) is 0 Å². The third-order valence-electron chi connectivity index (χ3n) is 3.86. The summed E-state index contributed by atoms with van der Waals surface area (Å²) in [6.45, 7) is 8.83. The van der Waals surface area contributed by atoms with Gasteiger partial charge in [-0.3, -0.25) is 0 Å². The number of aryl methyl sites for hydroxylation is 1. The molecule has 0 fully saturated rings. The molecule has 1 aromatic carbocycles. The highest BCUT2D eigenvalue weighted by Crippen LogP contribution is 2.17. The van der Waals surface area contributed by atoms with Gasteiger partial charge in [-0.2, -0.15) is 0 Å². The lowest BCUT2D eigenvalue weighted by atomic mass is 9.91. The molecule has 1 heterocycles. The summed E-state index contributed by atoms with van der Waals surface area (Å²) in [4.78, 5) is 0. The van der Waals surface area contributed by atoms with Crippen molar-refractivity contribution in [3.05, 3.63) is 59.5 Å². The Bertz CT molecular complexity index is 516. The van der Waals surface area contributed by atoms with Crippen LogP contribution in [0.15, 0.2) is 47.3 Å². The number of rotatable bonds is 8. The second-order valence-electron chi connectivity index (χ2n) is 6.38. The van der Waals surface area contributed by atoms with E-state index in [0.29, 0.717) is 11.8 Å². The average molecular weight is 285 g/mol. The van der Waals surface area contributed by atoms with Crippen LogP contribution >= 0.6 is 0 Å². The Kier molecular flexibility index (Phi) is 6.06. The molecule has 2 nitrogen and oxygen atoms in total. The largest absolute Gasteiger partial charge is 0.472 e. The minimum Gasteiger partial charge on any atom is -0.472 e. The molecule has 114 valence electrons. The van der Waals surface area contributed by atoms with Gasteiger partial charge in [0, 0.05) is 0 Å². The Labute approximate surface area is 128 Å². The molecule has 0 aliphatic rings. The topological polar surface area (TPSA) is 25.2 Å². The van der Waals surface area contributed by atoms with Gasteiger partial charge in [0.25, 0.3) is 0 Å². The summed E-state index contributed by atoms with van der Waals surface area (Å²) < 4.78 is 5.21. The van der Waals surface area contributed by atoms with Crippen molar-refractivity contribution in [3.8, 4) is 0 Å². The molecule has 1 unspecified atom stereocenters. The zero-order valence-corrected chi connectivity index (χ0v) is 13.4. The van der Waals surface area contributed by atoms with Gasteiger partial charge in [-0.1, -0.05) is 38.1 Å². The van der Waals surface area contributed by atoms with Crippen molar-refractivity contribution >= 4 is 0 Å². The highest BCUT2D eigenvalue weighted by atomic mass is 16.3. The lowest BCUT2D eigenvalue weighted by Crippen LogP contribution is -2.28. The van der Waals surface area contributed by atoms with Crippen molar-refractivity contribution in [1.82, 2.24) is 5.32 Å². The molecule has 2 aromatic rings. The molecular formula is C19H27NO. The number of hydrogen-bond acceptors (Lipinski definition) is 2. The fourth-order valence-electron chi connectivity index (χ4n) is 2.68. The van der Waals surface area contributed by atoms with Crippen LogP contribution in [0.25, 0.3) is 0 Å². The summed E-state index contributed by atoms with van der Waals surface area (Å²) in [5, 5.41) is 3.61. The molecule has 2 heteroatoms. The van der Waals surface area contributed by atoms with E-state index < -0.39 is 0 Å². The van der Waals surface area contributed by atoms with E-state index in [1.165, 1.54) is 16.7 Å². The second kappa shape index (κ2) is 8.04. The van der Waals surface area contributed by atoms with Crippen molar-refractivity contribution in [3.63, 3.8) is 0 Å². The number of furan rings is 1. The summed E-state index contributed by atoms with van der Waals surface area (Å²) in [6.07, 6.45) is 5.81. The molecule has 0 aliphatic carbocycles. The van der Waals surface area contributed by atoms with E-state index in [4.69, 9.17) is 4.42 Å². The minimum absolute atomic E-state index is 0.599. The van der Waals surface area contributed by atoms with Crippen LogP contribution in [0.2, 0.25) is 0 Å². The van der Waals surface area contributed by atoms with Crippen LogP contribution in [0.4, 0.5) is 0 Å². The molecular weight excluding hydrogens is 258 g/mol. The van der Waals surface area contributed by atoms with Crippen molar-refractivity contribution in [2.75, 3.05) is 13.1 Å². The van der Waals surface area contributed by atoms with Crippen LogP contribution in [-0.4, -0.2) is 13.1 Å². The van der Waals surface area contributed by atoms with E-state index in [0.717, 1.165) is 25.9 Å². The molecule has 1 atom stereocenters. The van der Waals surface area contributed by atoms with Gasteiger partial charge in [0.1, 0.15) is 0 Å². The van der Waals surface area contributed by atoms with Gasteiger partial charge in [0.15, 0.2) is 0 Å². The van der Waals surface area contributed by atoms with Gasteiger partial charge in [-0.05, 0) is 67.4 Å². The Morgan fingerprint density at radius 3 is 2.52 bits per heavy atom. The van der Waals surface area contributed by atoms with E-state index in [1.807, 2.05) is 6.26 Å². The Morgan fingerprint density at radius 1 is 1.05 bits per heavy atom. The van der Waals surface area contributed by atoms with Crippen molar-refractivity contribution in [2.24, 2.45) is 11.8 Å². The third-order valence-corrected chi connectivity index (χ3v) is 3.86. The van der Waals surface area contributed by atoms with Crippen LogP contribution in [0.5, 0.6) is 0 Å². The predicted molar refractivity (Wildman–Crippen MR) is 88.5 cm³/mol. The maximum atomic E-state index is 5.21. The van der Waals surface area contributed by atoms with E-state index >= 15 is 0 Å².